The number of methoxy groups -OCH3 is 1. The van der Waals surface area contributed by atoms with Gasteiger partial charge in [0.15, 0.2) is 6.79 Å². The van der Waals surface area contributed by atoms with Crippen LogP contribution in [-0.2, 0) is 9.53 Å². The Hall–Kier alpha value is -2.59. The van der Waals surface area contributed by atoms with Crippen LogP contribution in [0.4, 0.5) is 5.69 Å². The number of carbonyl (C=O) groups excluding carboxylic acids is 1. The van der Waals surface area contributed by atoms with Crippen molar-refractivity contribution in [3.8, 4) is 5.75 Å². The second kappa shape index (κ2) is 8.89. The SMILES string of the molecule is COCOc1ccc(/C=C/C(=O)Nc2ccc(C(C)C)cc2)cc1. The topological polar surface area (TPSA) is 47.6 Å². The molecule has 1 N–H and O–H groups in total. The van der Waals surface area contributed by atoms with Crippen LogP contribution in [0.3, 0.4) is 0 Å². The van der Waals surface area contributed by atoms with Crippen LogP contribution in [-0.4, -0.2) is 19.8 Å². The van der Waals surface area contributed by atoms with Gasteiger partial charge in [0.25, 0.3) is 0 Å². The van der Waals surface area contributed by atoms with Crippen LogP contribution in [0.1, 0.15) is 30.9 Å². The van der Waals surface area contributed by atoms with Gasteiger partial charge in [-0.1, -0.05) is 38.1 Å². The number of hydrogen-bond donors (Lipinski definition) is 1. The summed E-state index contributed by atoms with van der Waals surface area (Å²) in [7, 11) is 1.58. The summed E-state index contributed by atoms with van der Waals surface area (Å²) in [6.45, 7) is 4.50. The molecule has 2 rings (SSSR count). The van der Waals surface area contributed by atoms with Gasteiger partial charge in [0.05, 0.1) is 0 Å². The maximum Gasteiger partial charge on any atom is 0.248 e. The minimum atomic E-state index is -0.160. The van der Waals surface area contributed by atoms with E-state index in [0.717, 1.165) is 17.0 Å². The number of ether oxygens (including phenoxy) is 2. The van der Waals surface area contributed by atoms with E-state index in [-0.39, 0.29) is 12.7 Å². The van der Waals surface area contributed by atoms with Crippen LogP contribution in [0, 0.1) is 0 Å². The van der Waals surface area contributed by atoms with Crippen molar-refractivity contribution in [3.63, 3.8) is 0 Å². The molecule has 0 aliphatic rings. The minimum absolute atomic E-state index is 0.160. The normalized spacial score (nSPS) is 11.0. The number of amides is 1. The zero-order chi connectivity index (χ0) is 17.4. The summed E-state index contributed by atoms with van der Waals surface area (Å²) in [5, 5.41) is 2.85. The standard InChI is InChI=1S/C20H23NO3/c1-15(2)17-7-9-18(10-8-17)21-20(22)13-6-16-4-11-19(12-5-16)24-14-23-3/h4-13,15H,14H2,1-3H3,(H,21,22)/b13-6+. The predicted molar refractivity (Wildman–Crippen MR) is 97.1 cm³/mol. The highest BCUT2D eigenvalue weighted by Gasteiger charge is 2.01. The zero-order valence-electron chi connectivity index (χ0n) is 14.3. The molecule has 0 spiro atoms. The second-order valence-electron chi connectivity index (χ2n) is 5.72. The highest BCUT2D eigenvalue weighted by atomic mass is 16.7. The first kappa shape index (κ1) is 17.8. The van der Waals surface area contributed by atoms with E-state index in [2.05, 4.69) is 19.2 Å². The van der Waals surface area contributed by atoms with Gasteiger partial charge in [-0.05, 0) is 47.4 Å². The molecule has 0 fully saturated rings. The molecular weight excluding hydrogens is 302 g/mol. The summed E-state index contributed by atoms with van der Waals surface area (Å²) in [4.78, 5) is 12.0. The number of carbonyl (C=O) groups is 1. The highest BCUT2D eigenvalue weighted by molar-refractivity contribution is 6.01. The van der Waals surface area contributed by atoms with Crippen molar-refractivity contribution in [2.24, 2.45) is 0 Å². The van der Waals surface area contributed by atoms with Crippen LogP contribution in [0.2, 0.25) is 0 Å². The molecule has 4 heteroatoms. The fourth-order valence-corrected chi connectivity index (χ4v) is 2.11. The Morgan fingerprint density at radius 1 is 1.08 bits per heavy atom. The van der Waals surface area contributed by atoms with Crippen molar-refractivity contribution in [2.75, 3.05) is 19.2 Å². The van der Waals surface area contributed by atoms with Gasteiger partial charge in [0, 0.05) is 18.9 Å². The number of anilines is 1. The maximum atomic E-state index is 12.0. The Morgan fingerprint density at radius 3 is 2.33 bits per heavy atom. The number of nitrogens with one attached hydrogen (secondary N) is 1. The predicted octanol–water partition coefficient (Wildman–Crippen LogP) is 4.44. The first-order valence-electron chi connectivity index (χ1n) is 7.89. The summed E-state index contributed by atoms with van der Waals surface area (Å²) in [5.74, 6) is 1.04. The van der Waals surface area contributed by atoms with Gasteiger partial charge in [0.2, 0.25) is 5.91 Å². The van der Waals surface area contributed by atoms with Gasteiger partial charge < -0.3 is 14.8 Å². The van der Waals surface area contributed by atoms with E-state index in [1.165, 1.54) is 11.6 Å². The third-order valence-electron chi connectivity index (χ3n) is 3.50. The molecule has 0 aliphatic heterocycles. The van der Waals surface area contributed by atoms with E-state index in [0.29, 0.717) is 5.92 Å². The lowest BCUT2D eigenvalue weighted by Gasteiger charge is -2.07. The van der Waals surface area contributed by atoms with Crippen LogP contribution in [0.25, 0.3) is 6.08 Å². The van der Waals surface area contributed by atoms with Gasteiger partial charge >= 0.3 is 0 Å². The quantitative estimate of drug-likeness (QED) is 0.604. The lowest BCUT2D eigenvalue weighted by Crippen LogP contribution is -2.07. The van der Waals surface area contributed by atoms with Gasteiger partial charge in [-0.15, -0.1) is 0 Å². The molecule has 1 amide bonds. The van der Waals surface area contributed by atoms with Crippen LogP contribution >= 0.6 is 0 Å². The minimum Gasteiger partial charge on any atom is -0.468 e. The van der Waals surface area contributed by atoms with E-state index < -0.39 is 0 Å². The number of rotatable bonds is 7. The zero-order valence-corrected chi connectivity index (χ0v) is 14.3. The van der Waals surface area contributed by atoms with Crippen molar-refractivity contribution < 1.29 is 14.3 Å². The maximum absolute atomic E-state index is 12.0. The fraction of sp³-hybridized carbons (Fsp3) is 0.250. The van der Waals surface area contributed by atoms with Gasteiger partial charge in [-0.25, -0.2) is 0 Å². The van der Waals surface area contributed by atoms with E-state index in [9.17, 15) is 4.79 Å². The number of benzene rings is 2. The first-order valence-corrected chi connectivity index (χ1v) is 7.89. The lowest BCUT2D eigenvalue weighted by atomic mass is 10.0. The van der Waals surface area contributed by atoms with E-state index in [1.807, 2.05) is 48.5 Å². The molecule has 0 saturated heterocycles. The summed E-state index contributed by atoms with van der Waals surface area (Å²) in [6.07, 6.45) is 3.28. The summed E-state index contributed by atoms with van der Waals surface area (Å²) >= 11 is 0. The first-order chi connectivity index (χ1) is 11.6. The molecule has 0 unspecified atom stereocenters. The Balaban J connectivity index is 1.90. The Kier molecular flexibility index (Phi) is 6.58. The van der Waals surface area contributed by atoms with Crippen molar-refractivity contribution in [3.05, 3.63) is 65.7 Å². The molecule has 24 heavy (non-hydrogen) atoms. The molecule has 2 aromatic rings. The molecule has 2 aromatic carbocycles. The van der Waals surface area contributed by atoms with E-state index in [4.69, 9.17) is 9.47 Å². The summed E-state index contributed by atoms with van der Waals surface area (Å²) in [6, 6.07) is 15.3. The molecule has 0 bridgehead atoms. The second-order valence-corrected chi connectivity index (χ2v) is 5.72. The molecular formula is C20H23NO3. The van der Waals surface area contributed by atoms with Crippen LogP contribution < -0.4 is 10.1 Å². The molecule has 0 aliphatic carbocycles. The van der Waals surface area contributed by atoms with Crippen molar-refractivity contribution >= 4 is 17.7 Å². The average Bonchev–Trinajstić information content (AvgIpc) is 2.59. The Labute approximate surface area is 143 Å². The van der Waals surface area contributed by atoms with Crippen LogP contribution in [0.5, 0.6) is 5.75 Å². The third kappa shape index (κ3) is 5.56. The monoisotopic (exact) mass is 325 g/mol. The van der Waals surface area contributed by atoms with Crippen molar-refractivity contribution in [1.29, 1.82) is 0 Å². The highest BCUT2D eigenvalue weighted by Crippen LogP contribution is 2.17. The average molecular weight is 325 g/mol. The van der Waals surface area contributed by atoms with Crippen LogP contribution in [0.15, 0.2) is 54.6 Å². The Bertz CT molecular complexity index is 673. The molecule has 0 saturated carbocycles. The van der Waals surface area contributed by atoms with Gasteiger partial charge in [0.1, 0.15) is 5.75 Å². The fourth-order valence-electron chi connectivity index (χ4n) is 2.11. The molecule has 0 atom stereocenters. The molecule has 0 radical (unpaired) electrons. The summed E-state index contributed by atoms with van der Waals surface area (Å²) < 4.78 is 10.2. The molecule has 0 heterocycles. The smallest absolute Gasteiger partial charge is 0.248 e. The van der Waals surface area contributed by atoms with Gasteiger partial charge in [-0.3, -0.25) is 4.79 Å². The van der Waals surface area contributed by atoms with E-state index in [1.54, 1.807) is 13.2 Å². The molecule has 0 aromatic heterocycles. The largest absolute Gasteiger partial charge is 0.468 e. The van der Waals surface area contributed by atoms with Crippen molar-refractivity contribution in [2.45, 2.75) is 19.8 Å². The van der Waals surface area contributed by atoms with Crippen molar-refractivity contribution in [1.82, 2.24) is 0 Å². The number of hydrogen-bond acceptors (Lipinski definition) is 3. The third-order valence-corrected chi connectivity index (χ3v) is 3.50. The molecule has 4 nitrogen and oxygen atoms in total. The van der Waals surface area contributed by atoms with E-state index >= 15 is 0 Å². The summed E-state index contributed by atoms with van der Waals surface area (Å²) in [5.41, 5.74) is 2.96. The Morgan fingerprint density at radius 2 is 1.75 bits per heavy atom. The van der Waals surface area contributed by atoms with Gasteiger partial charge in [-0.2, -0.15) is 0 Å². The molecule has 126 valence electrons. The lowest BCUT2D eigenvalue weighted by molar-refractivity contribution is -0.111.